The number of carbonyl (C=O) groups excluding carboxylic acids is 1. The normalized spacial score (nSPS) is 17.5. The van der Waals surface area contributed by atoms with Crippen molar-refractivity contribution in [2.24, 2.45) is 0 Å². The first-order chi connectivity index (χ1) is 10.6. The Kier molecular flexibility index (Phi) is 4.93. The van der Waals surface area contributed by atoms with E-state index in [0.717, 1.165) is 31.4 Å². The smallest absolute Gasteiger partial charge is 0.257 e. The van der Waals surface area contributed by atoms with Gasteiger partial charge in [-0.3, -0.25) is 4.79 Å². The molecule has 1 fully saturated rings. The van der Waals surface area contributed by atoms with Crippen LogP contribution in [0.25, 0.3) is 11.1 Å². The molecule has 3 rings (SSSR count). The minimum Gasteiger partial charge on any atom is -0.431 e. The van der Waals surface area contributed by atoms with Crippen LogP contribution in [0.2, 0.25) is 5.02 Å². The molecule has 0 saturated carbocycles. The molecule has 0 aliphatic carbocycles. The monoisotopic (exact) mass is 338 g/mol. The van der Waals surface area contributed by atoms with Crippen molar-refractivity contribution in [3.63, 3.8) is 0 Å². The van der Waals surface area contributed by atoms with Crippen LogP contribution < -0.4 is 0 Å². The molecule has 1 atom stereocenters. The van der Waals surface area contributed by atoms with E-state index in [1.807, 2.05) is 17.9 Å². The van der Waals surface area contributed by atoms with Crippen LogP contribution in [0, 0.1) is 0 Å². The summed E-state index contributed by atoms with van der Waals surface area (Å²) in [5.41, 5.74) is 1.42. The minimum absolute atomic E-state index is 0.173. The molecule has 2 heterocycles. The Balaban J connectivity index is 1.68. The van der Waals surface area contributed by atoms with Crippen LogP contribution in [0.3, 0.4) is 0 Å². The van der Waals surface area contributed by atoms with Gasteiger partial charge in [0, 0.05) is 24.2 Å². The van der Waals surface area contributed by atoms with E-state index in [2.05, 4.69) is 4.98 Å². The lowest BCUT2D eigenvalue weighted by Gasteiger charge is -2.23. The Morgan fingerprint density at radius 3 is 2.77 bits per heavy atom. The number of hydrogen-bond donors (Lipinski definition) is 0. The van der Waals surface area contributed by atoms with Crippen molar-refractivity contribution in [2.75, 3.05) is 13.1 Å². The van der Waals surface area contributed by atoms with Crippen molar-refractivity contribution < 1.29 is 9.21 Å². The molecular weight excluding hydrogens is 320 g/mol. The average molecular weight is 339 g/mol. The molecule has 1 aliphatic heterocycles. The van der Waals surface area contributed by atoms with Crippen LogP contribution in [0.5, 0.6) is 0 Å². The first-order valence-corrected chi connectivity index (χ1v) is 8.91. The van der Waals surface area contributed by atoms with Crippen molar-refractivity contribution in [1.82, 2.24) is 9.88 Å². The molecule has 1 unspecified atom stereocenters. The van der Waals surface area contributed by atoms with Crippen LogP contribution in [0.1, 0.15) is 32.6 Å². The van der Waals surface area contributed by atoms with Gasteiger partial charge in [0.1, 0.15) is 5.52 Å². The topological polar surface area (TPSA) is 46.3 Å². The zero-order valence-electron chi connectivity index (χ0n) is 12.5. The van der Waals surface area contributed by atoms with Gasteiger partial charge < -0.3 is 9.32 Å². The summed E-state index contributed by atoms with van der Waals surface area (Å²) in [5, 5.41) is 0.948. The highest BCUT2D eigenvalue weighted by Crippen LogP contribution is 2.29. The third kappa shape index (κ3) is 3.58. The fourth-order valence-corrected chi connectivity index (χ4v) is 3.68. The van der Waals surface area contributed by atoms with Crippen LogP contribution in [0.4, 0.5) is 0 Å². The highest BCUT2D eigenvalue weighted by molar-refractivity contribution is 8.00. The number of halogens is 1. The largest absolute Gasteiger partial charge is 0.431 e. The van der Waals surface area contributed by atoms with Gasteiger partial charge in [0.2, 0.25) is 5.91 Å². The Labute approximate surface area is 139 Å². The van der Waals surface area contributed by atoms with Gasteiger partial charge in [0.15, 0.2) is 5.58 Å². The number of amides is 1. The lowest BCUT2D eigenvalue weighted by Crippen LogP contribution is -2.37. The third-order valence-electron chi connectivity index (χ3n) is 3.87. The van der Waals surface area contributed by atoms with E-state index in [0.29, 0.717) is 15.8 Å². The van der Waals surface area contributed by atoms with E-state index in [1.165, 1.54) is 24.6 Å². The SMILES string of the molecule is CC(Sc1nc2ccc(Cl)cc2o1)C(=O)N1CCCCCC1. The number of carbonyl (C=O) groups is 1. The molecule has 0 spiro atoms. The summed E-state index contributed by atoms with van der Waals surface area (Å²) in [6.07, 6.45) is 4.64. The van der Waals surface area contributed by atoms with Crippen LogP contribution >= 0.6 is 23.4 Å². The zero-order chi connectivity index (χ0) is 15.5. The van der Waals surface area contributed by atoms with Crippen LogP contribution in [0.15, 0.2) is 27.8 Å². The summed E-state index contributed by atoms with van der Waals surface area (Å²) in [5.74, 6) is 0.173. The zero-order valence-corrected chi connectivity index (χ0v) is 14.1. The maximum absolute atomic E-state index is 12.5. The molecule has 6 heteroatoms. The van der Waals surface area contributed by atoms with Gasteiger partial charge in [-0.05, 0) is 31.9 Å². The second-order valence-electron chi connectivity index (χ2n) is 5.59. The molecule has 1 amide bonds. The number of aromatic nitrogens is 1. The molecule has 1 aliphatic rings. The van der Waals surface area contributed by atoms with E-state index in [1.54, 1.807) is 12.1 Å². The van der Waals surface area contributed by atoms with Crippen molar-refractivity contribution in [3.8, 4) is 0 Å². The highest BCUT2D eigenvalue weighted by Gasteiger charge is 2.24. The molecule has 118 valence electrons. The molecule has 1 aromatic heterocycles. The molecule has 0 N–H and O–H groups in total. The lowest BCUT2D eigenvalue weighted by molar-refractivity contribution is -0.130. The summed E-state index contributed by atoms with van der Waals surface area (Å²) >= 11 is 7.32. The first-order valence-electron chi connectivity index (χ1n) is 7.65. The van der Waals surface area contributed by atoms with Gasteiger partial charge in [-0.15, -0.1) is 0 Å². The van der Waals surface area contributed by atoms with Gasteiger partial charge >= 0.3 is 0 Å². The fourth-order valence-electron chi connectivity index (χ4n) is 2.68. The quantitative estimate of drug-likeness (QED) is 0.780. The number of thioether (sulfide) groups is 1. The molecule has 1 saturated heterocycles. The van der Waals surface area contributed by atoms with Gasteiger partial charge in [0.05, 0.1) is 5.25 Å². The summed E-state index contributed by atoms with van der Waals surface area (Å²) < 4.78 is 5.68. The van der Waals surface area contributed by atoms with E-state index in [-0.39, 0.29) is 11.2 Å². The summed E-state index contributed by atoms with van der Waals surface area (Å²) in [7, 11) is 0. The Hall–Kier alpha value is -1.20. The average Bonchev–Trinajstić information content (AvgIpc) is 2.72. The van der Waals surface area contributed by atoms with E-state index in [9.17, 15) is 4.79 Å². The number of rotatable bonds is 3. The fraction of sp³-hybridized carbons (Fsp3) is 0.500. The van der Waals surface area contributed by atoms with Gasteiger partial charge in [0.25, 0.3) is 5.22 Å². The number of likely N-dealkylation sites (tertiary alicyclic amines) is 1. The molecule has 4 nitrogen and oxygen atoms in total. The lowest BCUT2D eigenvalue weighted by atomic mass is 10.2. The predicted molar refractivity (Wildman–Crippen MR) is 89.4 cm³/mol. The number of fused-ring (bicyclic) bond motifs is 1. The number of hydrogen-bond acceptors (Lipinski definition) is 4. The molecule has 0 bridgehead atoms. The van der Waals surface area contributed by atoms with Crippen molar-refractivity contribution in [3.05, 3.63) is 23.2 Å². The summed E-state index contributed by atoms with van der Waals surface area (Å²) in [6.45, 7) is 3.65. The Morgan fingerprint density at radius 1 is 1.32 bits per heavy atom. The summed E-state index contributed by atoms with van der Waals surface area (Å²) in [4.78, 5) is 18.9. The molecule has 22 heavy (non-hydrogen) atoms. The highest BCUT2D eigenvalue weighted by atomic mass is 35.5. The van der Waals surface area contributed by atoms with Gasteiger partial charge in [-0.2, -0.15) is 0 Å². The number of oxazole rings is 1. The Morgan fingerprint density at radius 2 is 2.05 bits per heavy atom. The maximum Gasteiger partial charge on any atom is 0.257 e. The Bertz CT molecular complexity index is 665. The van der Waals surface area contributed by atoms with Gasteiger partial charge in [-0.1, -0.05) is 36.2 Å². The molecule has 0 radical (unpaired) electrons. The first kappa shape index (κ1) is 15.7. The van der Waals surface area contributed by atoms with Crippen LogP contribution in [-0.2, 0) is 4.79 Å². The predicted octanol–water partition coefficient (Wildman–Crippen LogP) is 4.36. The third-order valence-corrected chi connectivity index (χ3v) is 5.04. The molecule has 1 aromatic carbocycles. The second-order valence-corrected chi connectivity index (χ2v) is 7.32. The minimum atomic E-state index is -0.193. The van der Waals surface area contributed by atoms with E-state index < -0.39 is 0 Å². The molecule has 2 aromatic rings. The number of benzene rings is 1. The van der Waals surface area contributed by atoms with Crippen molar-refractivity contribution in [1.29, 1.82) is 0 Å². The maximum atomic E-state index is 12.5. The van der Waals surface area contributed by atoms with Gasteiger partial charge in [-0.25, -0.2) is 4.98 Å². The second kappa shape index (κ2) is 6.92. The van der Waals surface area contributed by atoms with E-state index in [4.69, 9.17) is 16.0 Å². The standard InChI is InChI=1S/C16H19ClN2O2S/c1-11(15(20)19-8-4-2-3-5-9-19)22-16-18-13-7-6-12(17)10-14(13)21-16/h6-7,10-11H,2-5,8-9H2,1H3. The molecular formula is C16H19ClN2O2S. The van der Waals surface area contributed by atoms with Crippen molar-refractivity contribution >= 4 is 40.4 Å². The summed E-state index contributed by atoms with van der Waals surface area (Å²) in [6, 6.07) is 5.36. The number of nitrogens with zero attached hydrogens (tertiary/aromatic N) is 2. The van der Waals surface area contributed by atoms with Crippen molar-refractivity contribution in [2.45, 2.75) is 43.1 Å². The van der Waals surface area contributed by atoms with Crippen LogP contribution in [-0.4, -0.2) is 34.1 Å². The van der Waals surface area contributed by atoms with E-state index >= 15 is 0 Å².